The van der Waals surface area contributed by atoms with Crippen LogP contribution in [-0.2, 0) is 10.0 Å². The Morgan fingerprint density at radius 3 is 2.29 bits per heavy atom. The fourth-order valence-electron chi connectivity index (χ4n) is 1.55. The van der Waals surface area contributed by atoms with Gasteiger partial charge in [-0.3, -0.25) is 5.32 Å². The summed E-state index contributed by atoms with van der Waals surface area (Å²) in [6.07, 6.45) is 0. The Balaban J connectivity index is 2.09. The molecule has 0 fully saturated rings. The van der Waals surface area contributed by atoms with E-state index >= 15 is 0 Å². The van der Waals surface area contributed by atoms with Crippen molar-refractivity contribution in [3.8, 4) is 0 Å². The van der Waals surface area contributed by atoms with Crippen molar-refractivity contribution in [2.75, 3.05) is 5.32 Å². The zero-order valence-corrected chi connectivity index (χ0v) is 13.4. The Hall–Kier alpha value is -1.93. The molecule has 2 N–H and O–H groups in total. The molecule has 0 aliphatic rings. The molecule has 1 aromatic heterocycles. The number of anilines is 1. The first-order chi connectivity index (χ1) is 9.78. The molecule has 8 heteroatoms. The predicted molar refractivity (Wildman–Crippen MR) is 82.1 cm³/mol. The first-order valence-corrected chi connectivity index (χ1v) is 8.42. The van der Waals surface area contributed by atoms with E-state index in [1.807, 2.05) is 25.5 Å². The van der Waals surface area contributed by atoms with Crippen LogP contribution in [0.3, 0.4) is 0 Å². The first kappa shape index (κ1) is 15.5. The molecule has 0 aliphatic heterocycles. The number of amides is 2. The van der Waals surface area contributed by atoms with Crippen molar-refractivity contribution in [3.63, 3.8) is 0 Å². The minimum absolute atomic E-state index is 0.0368. The molecule has 0 aliphatic carbocycles. The average molecular weight is 325 g/mol. The lowest BCUT2D eigenvalue weighted by atomic mass is 10.2. The number of thiazole rings is 1. The molecule has 21 heavy (non-hydrogen) atoms. The molecule has 1 aromatic carbocycles. The molecule has 6 nitrogen and oxygen atoms in total. The molecular weight excluding hydrogens is 310 g/mol. The maximum atomic E-state index is 12.0. The van der Waals surface area contributed by atoms with Gasteiger partial charge in [-0.1, -0.05) is 17.7 Å². The SMILES string of the molecule is Cc1ccc(S(=O)(=O)NC(=O)Nc2nc(C)c(C)s2)cc1. The fraction of sp³-hybridized carbons (Fsp3) is 0.231. The van der Waals surface area contributed by atoms with E-state index in [1.54, 1.807) is 12.1 Å². The molecule has 0 bridgehead atoms. The van der Waals surface area contributed by atoms with Gasteiger partial charge in [0.05, 0.1) is 10.6 Å². The smallest absolute Gasteiger partial charge is 0.283 e. The number of hydrogen-bond donors (Lipinski definition) is 2. The van der Waals surface area contributed by atoms with Gasteiger partial charge in [-0.25, -0.2) is 22.9 Å². The second-order valence-corrected chi connectivity index (χ2v) is 7.42. The van der Waals surface area contributed by atoms with E-state index in [4.69, 9.17) is 0 Å². The van der Waals surface area contributed by atoms with Crippen molar-refractivity contribution in [3.05, 3.63) is 40.4 Å². The largest absolute Gasteiger partial charge is 0.334 e. The molecule has 0 saturated heterocycles. The maximum absolute atomic E-state index is 12.0. The number of nitrogens with zero attached hydrogens (tertiary/aromatic N) is 1. The highest BCUT2D eigenvalue weighted by atomic mass is 32.2. The number of nitrogens with one attached hydrogen (secondary N) is 2. The summed E-state index contributed by atoms with van der Waals surface area (Å²) in [7, 11) is -3.88. The van der Waals surface area contributed by atoms with Gasteiger partial charge in [-0.05, 0) is 32.9 Å². The zero-order valence-electron chi connectivity index (χ0n) is 11.8. The van der Waals surface area contributed by atoms with Crippen LogP contribution in [0.5, 0.6) is 0 Å². The second-order valence-electron chi connectivity index (χ2n) is 4.53. The second kappa shape index (κ2) is 5.82. The normalized spacial score (nSPS) is 11.2. The molecule has 2 amide bonds. The van der Waals surface area contributed by atoms with Crippen LogP contribution in [0.1, 0.15) is 16.1 Å². The fourth-order valence-corrected chi connectivity index (χ4v) is 3.26. The van der Waals surface area contributed by atoms with Crippen LogP contribution in [0, 0.1) is 20.8 Å². The Labute approximate surface area is 127 Å². The molecule has 2 aromatic rings. The summed E-state index contributed by atoms with van der Waals surface area (Å²) in [5, 5.41) is 2.78. The third-order valence-electron chi connectivity index (χ3n) is 2.81. The quantitative estimate of drug-likeness (QED) is 0.908. The monoisotopic (exact) mass is 325 g/mol. The standard InChI is InChI=1S/C13H15N3O3S2/c1-8-4-6-11(7-5-8)21(18,19)16-12(17)15-13-14-9(2)10(3)20-13/h4-7H,1-3H3,(H2,14,15,16,17). The molecule has 0 saturated carbocycles. The van der Waals surface area contributed by atoms with E-state index in [1.165, 1.54) is 23.5 Å². The van der Waals surface area contributed by atoms with E-state index in [2.05, 4.69) is 10.3 Å². The van der Waals surface area contributed by atoms with Crippen molar-refractivity contribution < 1.29 is 13.2 Å². The summed E-state index contributed by atoms with van der Waals surface area (Å²) in [6, 6.07) is 5.40. The zero-order chi connectivity index (χ0) is 15.6. The molecule has 0 spiro atoms. The Morgan fingerprint density at radius 2 is 1.76 bits per heavy atom. The van der Waals surface area contributed by atoms with Crippen molar-refractivity contribution in [1.82, 2.24) is 9.71 Å². The van der Waals surface area contributed by atoms with Gasteiger partial charge in [0.25, 0.3) is 10.0 Å². The van der Waals surface area contributed by atoms with Gasteiger partial charge in [0, 0.05) is 4.88 Å². The summed E-state index contributed by atoms with van der Waals surface area (Å²) in [4.78, 5) is 16.9. The van der Waals surface area contributed by atoms with Gasteiger partial charge >= 0.3 is 6.03 Å². The van der Waals surface area contributed by atoms with E-state index in [-0.39, 0.29) is 4.90 Å². The van der Waals surface area contributed by atoms with Crippen LogP contribution >= 0.6 is 11.3 Å². The maximum Gasteiger partial charge on any atom is 0.334 e. The summed E-state index contributed by atoms with van der Waals surface area (Å²) in [5.74, 6) is 0. The van der Waals surface area contributed by atoms with Crippen molar-refractivity contribution in [2.45, 2.75) is 25.7 Å². The first-order valence-electron chi connectivity index (χ1n) is 6.12. The van der Waals surface area contributed by atoms with Crippen molar-refractivity contribution >= 4 is 32.5 Å². The van der Waals surface area contributed by atoms with Gasteiger partial charge in [-0.2, -0.15) is 0 Å². The number of rotatable bonds is 3. The lowest BCUT2D eigenvalue weighted by Gasteiger charge is -2.07. The van der Waals surface area contributed by atoms with Crippen LogP contribution < -0.4 is 10.0 Å². The Kier molecular flexibility index (Phi) is 4.29. The number of urea groups is 1. The van der Waals surface area contributed by atoms with Crippen molar-refractivity contribution in [1.29, 1.82) is 0 Å². The predicted octanol–water partition coefficient (Wildman–Crippen LogP) is 2.58. The van der Waals surface area contributed by atoms with Gasteiger partial charge < -0.3 is 0 Å². The molecule has 112 valence electrons. The molecule has 0 radical (unpaired) electrons. The van der Waals surface area contributed by atoms with Gasteiger partial charge in [0.2, 0.25) is 0 Å². The van der Waals surface area contributed by atoms with Crippen LogP contribution in [0.25, 0.3) is 0 Å². The molecule has 0 unspecified atom stereocenters. The minimum Gasteiger partial charge on any atom is -0.283 e. The van der Waals surface area contributed by atoms with Crippen LogP contribution in [0.15, 0.2) is 29.2 Å². The molecule has 2 rings (SSSR count). The van der Waals surface area contributed by atoms with E-state index in [9.17, 15) is 13.2 Å². The van der Waals surface area contributed by atoms with Crippen LogP contribution in [0.4, 0.5) is 9.93 Å². The summed E-state index contributed by atoms with van der Waals surface area (Å²) >= 11 is 1.29. The van der Waals surface area contributed by atoms with Crippen molar-refractivity contribution in [2.24, 2.45) is 0 Å². The number of benzene rings is 1. The van der Waals surface area contributed by atoms with Crippen LogP contribution in [0.2, 0.25) is 0 Å². The van der Waals surface area contributed by atoms with Gasteiger partial charge in [-0.15, -0.1) is 11.3 Å². The number of hydrogen-bond acceptors (Lipinski definition) is 5. The van der Waals surface area contributed by atoms with Crippen LogP contribution in [-0.4, -0.2) is 19.4 Å². The molecular formula is C13H15N3O3S2. The minimum atomic E-state index is -3.88. The number of aromatic nitrogens is 1. The highest BCUT2D eigenvalue weighted by Gasteiger charge is 2.18. The number of carbonyl (C=O) groups is 1. The van der Waals surface area contributed by atoms with Gasteiger partial charge in [0.15, 0.2) is 5.13 Å². The summed E-state index contributed by atoms with van der Waals surface area (Å²) in [6.45, 7) is 5.54. The van der Waals surface area contributed by atoms with E-state index < -0.39 is 16.1 Å². The van der Waals surface area contributed by atoms with Gasteiger partial charge in [0.1, 0.15) is 0 Å². The molecule has 1 heterocycles. The number of carbonyl (C=O) groups excluding carboxylic acids is 1. The van der Waals surface area contributed by atoms with E-state index in [0.29, 0.717) is 5.13 Å². The summed E-state index contributed by atoms with van der Waals surface area (Å²) < 4.78 is 26.0. The average Bonchev–Trinajstić information content (AvgIpc) is 2.67. The summed E-state index contributed by atoms with van der Waals surface area (Å²) in [5.41, 5.74) is 1.74. The lowest BCUT2D eigenvalue weighted by molar-refractivity contribution is 0.256. The lowest BCUT2D eigenvalue weighted by Crippen LogP contribution is -2.34. The van der Waals surface area contributed by atoms with E-state index in [0.717, 1.165) is 16.1 Å². The Morgan fingerprint density at radius 1 is 1.14 bits per heavy atom. The highest BCUT2D eigenvalue weighted by Crippen LogP contribution is 2.21. The third kappa shape index (κ3) is 3.79. The highest BCUT2D eigenvalue weighted by molar-refractivity contribution is 7.90. The molecule has 0 atom stereocenters. The number of sulfonamides is 1. The number of aryl methyl sites for hydroxylation is 3. The third-order valence-corrected chi connectivity index (χ3v) is 5.14. The Bertz CT molecular complexity index is 745. The topological polar surface area (TPSA) is 88.2 Å².